The highest BCUT2D eigenvalue weighted by atomic mass is 127. The van der Waals surface area contributed by atoms with Gasteiger partial charge in [-0.3, -0.25) is 14.2 Å². The Hall–Kier alpha value is -2.16. The number of carbonyl (C=O) groups excluding carboxylic acids is 1. The van der Waals surface area contributed by atoms with Crippen molar-refractivity contribution in [1.82, 2.24) is 19.6 Å². The molecule has 0 saturated carbocycles. The highest BCUT2D eigenvalue weighted by Crippen LogP contribution is 2.22. The zero-order valence-corrected chi connectivity index (χ0v) is 15.2. The largest absolute Gasteiger partial charge is 0.305 e. The Morgan fingerprint density at radius 3 is 2.43 bits per heavy atom. The van der Waals surface area contributed by atoms with Crippen molar-refractivity contribution < 1.29 is 4.79 Å². The molecule has 0 aliphatic rings. The Bertz CT molecular complexity index is 866. The fraction of sp³-hybridized carbons (Fsp3) is 0.188. The van der Waals surface area contributed by atoms with Crippen molar-refractivity contribution in [2.75, 3.05) is 5.32 Å². The number of carbonyl (C=O) groups is 1. The first-order chi connectivity index (χ1) is 11.0. The van der Waals surface area contributed by atoms with Gasteiger partial charge in [0.25, 0.3) is 5.91 Å². The lowest BCUT2D eigenvalue weighted by molar-refractivity contribution is 0.101. The van der Waals surface area contributed by atoms with Crippen LogP contribution in [0.5, 0.6) is 0 Å². The van der Waals surface area contributed by atoms with Crippen LogP contribution in [0.25, 0.3) is 11.3 Å². The maximum atomic E-state index is 12.5. The SMILES string of the molecule is Cc1nn(C)c(C(=O)Nc2cc(-c3ccccc3)nn2C)c1I. The van der Waals surface area contributed by atoms with Gasteiger partial charge >= 0.3 is 0 Å². The van der Waals surface area contributed by atoms with Gasteiger partial charge in [0.05, 0.1) is 15.0 Å². The van der Waals surface area contributed by atoms with E-state index >= 15 is 0 Å². The maximum Gasteiger partial charge on any atom is 0.276 e. The summed E-state index contributed by atoms with van der Waals surface area (Å²) in [6, 6.07) is 11.7. The third-order valence-corrected chi connectivity index (χ3v) is 4.85. The molecule has 3 aromatic rings. The number of amides is 1. The number of nitrogens with zero attached hydrogens (tertiary/aromatic N) is 4. The van der Waals surface area contributed by atoms with E-state index in [2.05, 4.69) is 38.1 Å². The van der Waals surface area contributed by atoms with E-state index in [0.717, 1.165) is 20.5 Å². The molecule has 23 heavy (non-hydrogen) atoms. The number of aromatic nitrogens is 4. The predicted molar refractivity (Wildman–Crippen MR) is 97.3 cm³/mol. The van der Waals surface area contributed by atoms with Gasteiger partial charge in [0.1, 0.15) is 11.5 Å². The first-order valence-electron chi connectivity index (χ1n) is 7.07. The Balaban J connectivity index is 1.89. The molecule has 1 amide bonds. The number of aryl methyl sites for hydroxylation is 3. The summed E-state index contributed by atoms with van der Waals surface area (Å²) in [6.07, 6.45) is 0. The average molecular weight is 421 g/mol. The molecule has 1 N–H and O–H groups in total. The summed E-state index contributed by atoms with van der Waals surface area (Å²) in [5.41, 5.74) is 3.22. The van der Waals surface area contributed by atoms with Crippen LogP contribution in [0, 0.1) is 10.5 Å². The predicted octanol–water partition coefficient (Wildman–Crippen LogP) is 2.99. The number of nitrogens with one attached hydrogen (secondary N) is 1. The van der Waals surface area contributed by atoms with Crippen LogP contribution in [0.15, 0.2) is 36.4 Å². The minimum Gasteiger partial charge on any atom is -0.305 e. The Labute approximate surface area is 147 Å². The molecule has 0 fully saturated rings. The van der Waals surface area contributed by atoms with Gasteiger partial charge in [0.2, 0.25) is 0 Å². The summed E-state index contributed by atoms with van der Waals surface area (Å²) in [7, 11) is 3.57. The molecule has 6 nitrogen and oxygen atoms in total. The summed E-state index contributed by atoms with van der Waals surface area (Å²) >= 11 is 2.14. The minimum absolute atomic E-state index is 0.194. The van der Waals surface area contributed by atoms with E-state index in [4.69, 9.17) is 0 Å². The summed E-state index contributed by atoms with van der Waals surface area (Å²) in [5, 5.41) is 11.6. The number of hydrogen-bond donors (Lipinski definition) is 1. The zero-order chi connectivity index (χ0) is 16.6. The number of hydrogen-bond acceptors (Lipinski definition) is 3. The Morgan fingerprint density at radius 1 is 1.13 bits per heavy atom. The second kappa shape index (κ2) is 6.15. The summed E-state index contributed by atoms with van der Waals surface area (Å²) in [4.78, 5) is 12.5. The highest BCUT2D eigenvalue weighted by molar-refractivity contribution is 14.1. The van der Waals surface area contributed by atoms with Crippen LogP contribution in [-0.2, 0) is 14.1 Å². The van der Waals surface area contributed by atoms with Gasteiger partial charge in [-0.25, -0.2) is 0 Å². The van der Waals surface area contributed by atoms with E-state index in [0.29, 0.717) is 11.5 Å². The van der Waals surface area contributed by atoms with E-state index in [1.54, 1.807) is 16.4 Å². The van der Waals surface area contributed by atoms with E-state index in [9.17, 15) is 4.79 Å². The maximum absolute atomic E-state index is 12.5. The molecule has 3 rings (SSSR count). The number of rotatable bonds is 3. The highest BCUT2D eigenvalue weighted by Gasteiger charge is 2.19. The number of halogens is 1. The summed E-state index contributed by atoms with van der Waals surface area (Å²) in [6.45, 7) is 1.89. The van der Waals surface area contributed by atoms with E-state index < -0.39 is 0 Å². The standard InChI is InChI=1S/C16H16IN5O/c1-10-14(17)15(22(3)19-10)16(23)18-13-9-12(20-21(13)2)11-7-5-4-6-8-11/h4-9H,1-3H3,(H,18,23). The summed E-state index contributed by atoms with van der Waals surface area (Å²) < 4.78 is 4.12. The molecule has 0 aliphatic carbocycles. The van der Waals surface area contributed by atoms with Crippen LogP contribution in [0.2, 0.25) is 0 Å². The third kappa shape index (κ3) is 3.00. The molecule has 2 aromatic heterocycles. The third-order valence-electron chi connectivity index (χ3n) is 3.56. The van der Waals surface area contributed by atoms with Gasteiger partial charge in [-0.05, 0) is 29.5 Å². The molecule has 0 bridgehead atoms. The van der Waals surface area contributed by atoms with Gasteiger partial charge in [0, 0.05) is 25.7 Å². The van der Waals surface area contributed by atoms with Crippen molar-refractivity contribution in [1.29, 1.82) is 0 Å². The zero-order valence-electron chi connectivity index (χ0n) is 13.0. The van der Waals surface area contributed by atoms with Crippen molar-refractivity contribution in [3.8, 4) is 11.3 Å². The molecule has 0 saturated heterocycles. The van der Waals surface area contributed by atoms with Crippen molar-refractivity contribution in [2.45, 2.75) is 6.92 Å². The van der Waals surface area contributed by atoms with Crippen LogP contribution >= 0.6 is 22.6 Å². The number of benzene rings is 1. The molecular formula is C16H16IN5O. The van der Waals surface area contributed by atoms with Gasteiger partial charge in [-0.15, -0.1) is 0 Å². The molecule has 2 heterocycles. The topological polar surface area (TPSA) is 64.7 Å². The average Bonchev–Trinajstić information content (AvgIpc) is 3.00. The fourth-order valence-corrected chi connectivity index (χ4v) is 3.09. The first-order valence-corrected chi connectivity index (χ1v) is 8.15. The van der Waals surface area contributed by atoms with Crippen LogP contribution in [0.3, 0.4) is 0 Å². The molecule has 0 atom stereocenters. The van der Waals surface area contributed by atoms with Crippen LogP contribution in [-0.4, -0.2) is 25.5 Å². The van der Waals surface area contributed by atoms with E-state index in [-0.39, 0.29) is 5.91 Å². The lowest BCUT2D eigenvalue weighted by Crippen LogP contribution is -2.19. The minimum atomic E-state index is -0.194. The van der Waals surface area contributed by atoms with Crippen LogP contribution in [0.4, 0.5) is 5.82 Å². The normalized spacial score (nSPS) is 10.8. The van der Waals surface area contributed by atoms with Gasteiger partial charge in [-0.1, -0.05) is 30.3 Å². The molecule has 0 unspecified atom stereocenters. The molecule has 0 spiro atoms. The van der Waals surface area contributed by atoms with Gasteiger partial charge in [0.15, 0.2) is 0 Å². The van der Waals surface area contributed by atoms with E-state index in [1.165, 1.54) is 0 Å². The van der Waals surface area contributed by atoms with Gasteiger partial charge < -0.3 is 5.32 Å². The smallest absolute Gasteiger partial charge is 0.276 e. The van der Waals surface area contributed by atoms with Crippen molar-refractivity contribution in [3.63, 3.8) is 0 Å². The molecule has 0 radical (unpaired) electrons. The first kappa shape index (κ1) is 15.7. The lowest BCUT2D eigenvalue weighted by Gasteiger charge is -2.05. The van der Waals surface area contributed by atoms with Crippen molar-refractivity contribution in [2.24, 2.45) is 14.1 Å². The monoisotopic (exact) mass is 421 g/mol. The molecule has 7 heteroatoms. The van der Waals surface area contributed by atoms with Crippen molar-refractivity contribution in [3.05, 3.63) is 51.4 Å². The molecule has 0 aliphatic heterocycles. The Kier molecular flexibility index (Phi) is 4.20. The summed E-state index contributed by atoms with van der Waals surface area (Å²) in [5.74, 6) is 0.448. The van der Waals surface area contributed by atoms with Crippen molar-refractivity contribution >= 4 is 34.3 Å². The second-order valence-corrected chi connectivity index (χ2v) is 6.31. The molecule has 1 aromatic carbocycles. The quantitative estimate of drug-likeness (QED) is 0.662. The van der Waals surface area contributed by atoms with Crippen LogP contribution < -0.4 is 5.32 Å². The second-order valence-electron chi connectivity index (χ2n) is 5.23. The van der Waals surface area contributed by atoms with Gasteiger partial charge in [-0.2, -0.15) is 10.2 Å². The van der Waals surface area contributed by atoms with E-state index in [1.807, 2.05) is 50.4 Å². The molecule has 118 valence electrons. The Morgan fingerprint density at radius 2 is 1.83 bits per heavy atom. The molecular weight excluding hydrogens is 405 g/mol. The lowest BCUT2D eigenvalue weighted by atomic mass is 10.1. The van der Waals surface area contributed by atoms with Crippen LogP contribution in [0.1, 0.15) is 16.2 Å². The number of anilines is 1. The fourth-order valence-electron chi connectivity index (χ4n) is 2.39.